The lowest BCUT2D eigenvalue weighted by Gasteiger charge is -2.06. The third kappa shape index (κ3) is 2.51. The molecule has 1 aromatic heterocycles. The van der Waals surface area contributed by atoms with Crippen LogP contribution in [0.4, 0.5) is 5.69 Å². The van der Waals surface area contributed by atoms with Gasteiger partial charge in [-0.1, -0.05) is 6.07 Å². The third-order valence-corrected chi connectivity index (χ3v) is 2.80. The number of nitrogens with one attached hydrogen (secondary N) is 1. The first-order valence-electron chi connectivity index (χ1n) is 5.01. The molecular weight excluding hydrogens is 254 g/mol. The minimum absolute atomic E-state index is 0.157. The van der Waals surface area contributed by atoms with Gasteiger partial charge in [-0.15, -0.1) is 0 Å². The van der Waals surface area contributed by atoms with Crippen LogP contribution >= 0.6 is 11.7 Å². The Labute approximate surface area is 107 Å². The van der Waals surface area contributed by atoms with Crippen LogP contribution in [0, 0.1) is 6.92 Å². The highest BCUT2D eigenvalue weighted by Crippen LogP contribution is 2.16. The Hall–Kier alpha value is -2.28. The molecule has 0 fully saturated rings. The molecule has 2 rings (SSSR count). The summed E-state index contributed by atoms with van der Waals surface area (Å²) in [6.45, 7) is 1.69. The molecule has 0 aliphatic carbocycles. The summed E-state index contributed by atoms with van der Waals surface area (Å²) in [5, 5.41) is 11.5. The lowest BCUT2D eigenvalue weighted by atomic mass is 10.1. The molecule has 6 nitrogen and oxygen atoms in total. The van der Waals surface area contributed by atoms with E-state index in [-0.39, 0.29) is 11.3 Å². The molecule has 1 heterocycles. The minimum atomic E-state index is -1.03. The molecule has 0 spiro atoms. The highest BCUT2D eigenvalue weighted by molar-refractivity contribution is 6.99. The molecule has 1 amide bonds. The fourth-order valence-corrected chi connectivity index (χ4v) is 1.80. The van der Waals surface area contributed by atoms with Gasteiger partial charge in [0.05, 0.1) is 23.5 Å². The zero-order chi connectivity index (χ0) is 13.1. The number of nitrogens with zero attached hydrogens (tertiary/aromatic N) is 2. The van der Waals surface area contributed by atoms with E-state index in [0.717, 1.165) is 11.7 Å². The van der Waals surface area contributed by atoms with Crippen LogP contribution in [0.5, 0.6) is 0 Å². The summed E-state index contributed by atoms with van der Waals surface area (Å²) in [6.07, 6.45) is 1.35. The molecule has 0 radical (unpaired) electrons. The number of amides is 1. The summed E-state index contributed by atoms with van der Waals surface area (Å²) in [5.74, 6) is -1.44. The summed E-state index contributed by atoms with van der Waals surface area (Å²) >= 11 is 0.934. The Morgan fingerprint density at radius 2 is 2.17 bits per heavy atom. The van der Waals surface area contributed by atoms with E-state index in [1.807, 2.05) is 0 Å². The number of aryl methyl sites for hydroxylation is 1. The van der Waals surface area contributed by atoms with E-state index in [1.165, 1.54) is 12.3 Å². The summed E-state index contributed by atoms with van der Waals surface area (Å²) in [4.78, 5) is 22.6. The smallest absolute Gasteiger partial charge is 0.336 e. The molecule has 2 aromatic rings. The quantitative estimate of drug-likeness (QED) is 0.880. The average molecular weight is 263 g/mol. The number of aromatic nitrogens is 2. The summed E-state index contributed by atoms with van der Waals surface area (Å²) in [5.41, 5.74) is 1.41. The first kappa shape index (κ1) is 12.2. The molecule has 1 aromatic carbocycles. The largest absolute Gasteiger partial charge is 0.478 e. The maximum atomic E-state index is 11.7. The van der Waals surface area contributed by atoms with E-state index in [4.69, 9.17) is 5.11 Å². The van der Waals surface area contributed by atoms with Gasteiger partial charge >= 0.3 is 5.97 Å². The number of carbonyl (C=O) groups excluding carboxylic acids is 1. The van der Waals surface area contributed by atoms with Gasteiger partial charge in [-0.05, 0) is 24.6 Å². The van der Waals surface area contributed by atoms with Gasteiger partial charge in [-0.25, -0.2) is 4.79 Å². The van der Waals surface area contributed by atoms with Gasteiger partial charge < -0.3 is 10.4 Å². The Morgan fingerprint density at radius 1 is 1.39 bits per heavy atom. The van der Waals surface area contributed by atoms with Crippen molar-refractivity contribution in [3.63, 3.8) is 0 Å². The lowest BCUT2D eigenvalue weighted by Crippen LogP contribution is -2.13. The van der Waals surface area contributed by atoms with Crippen molar-refractivity contribution in [2.24, 2.45) is 0 Å². The van der Waals surface area contributed by atoms with Crippen LogP contribution < -0.4 is 5.32 Å². The van der Waals surface area contributed by atoms with Gasteiger partial charge in [0, 0.05) is 5.69 Å². The number of hydrogen-bond acceptors (Lipinski definition) is 5. The number of hydrogen-bond donors (Lipinski definition) is 2. The molecule has 0 saturated carbocycles. The Kier molecular flexibility index (Phi) is 3.33. The van der Waals surface area contributed by atoms with Crippen molar-refractivity contribution in [1.29, 1.82) is 0 Å². The Morgan fingerprint density at radius 3 is 2.78 bits per heavy atom. The average Bonchev–Trinajstić information content (AvgIpc) is 2.85. The fourth-order valence-electron chi connectivity index (χ4n) is 1.39. The van der Waals surface area contributed by atoms with Crippen LogP contribution in [0.1, 0.15) is 26.4 Å². The number of carboxylic acids is 1. The Balaban J connectivity index is 2.22. The van der Waals surface area contributed by atoms with Crippen molar-refractivity contribution in [3.05, 3.63) is 41.2 Å². The molecule has 2 N–H and O–H groups in total. The summed E-state index contributed by atoms with van der Waals surface area (Å²) in [6, 6.07) is 4.69. The molecule has 0 aliphatic heterocycles. The van der Waals surface area contributed by atoms with Gasteiger partial charge in [0.25, 0.3) is 5.91 Å². The van der Waals surface area contributed by atoms with Gasteiger partial charge in [-0.3, -0.25) is 4.79 Å². The fraction of sp³-hybridized carbons (Fsp3) is 0.0909. The zero-order valence-electron chi connectivity index (χ0n) is 9.38. The van der Waals surface area contributed by atoms with E-state index in [0.29, 0.717) is 11.3 Å². The molecule has 0 atom stereocenters. The van der Waals surface area contributed by atoms with E-state index < -0.39 is 11.9 Å². The number of carbonyl (C=O) groups is 2. The topological polar surface area (TPSA) is 92.2 Å². The zero-order valence-corrected chi connectivity index (χ0v) is 10.2. The second kappa shape index (κ2) is 4.92. The van der Waals surface area contributed by atoms with Crippen LogP contribution in [0.15, 0.2) is 24.4 Å². The maximum Gasteiger partial charge on any atom is 0.336 e. The predicted molar refractivity (Wildman–Crippen MR) is 66.0 cm³/mol. The number of aromatic carboxylic acids is 1. The van der Waals surface area contributed by atoms with Crippen LogP contribution in [0.25, 0.3) is 0 Å². The molecule has 92 valence electrons. The van der Waals surface area contributed by atoms with Crippen LogP contribution in [0.3, 0.4) is 0 Å². The molecule has 0 saturated heterocycles. The maximum absolute atomic E-state index is 11.7. The SMILES string of the molecule is Cc1ccc(NC(=O)c2cnsn2)cc1C(=O)O. The number of anilines is 1. The predicted octanol–water partition coefficient (Wildman–Crippen LogP) is 1.80. The molecule has 7 heteroatoms. The van der Waals surface area contributed by atoms with E-state index in [2.05, 4.69) is 14.1 Å². The van der Waals surface area contributed by atoms with Gasteiger partial charge in [0.2, 0.25) is 0 Å². The standard InChI is InChI=1S/C11H9N3O3S/c1-6-2-3-7(4-8(6)11(16)17)13-10(15)9-5-12-18-14-9/h2-5H,1H3,(H,13,15)(H,16,17). The van der Waals surface area contributed by atoms with Gasteiger partial charge in [0.1, 0.15) is 0 Å². The highest BCUT2D eigenvalue weighted by Gasteiger charge is 2.12. The van der Waals surface area contributed by atoms with E-state index >= 15 is 0 Å². The van der Waals surface area contributed by atoms with Crippen molar-refractivity contribution in [2.75, 3.05) is 5.32 Å². The van der Waals surface area contributed by atoms with Crippen molar-refractivity contribution >= 4 is 29.3 Å². The lowest BCUT2D eigenvalue weighted by molar-refractivity contribution is 0.0695. The number of carboxylic acid groups (broad SMARTS) is 1. The first-order chi connectivity index (χ1) is 8.58. The number of benzene rings is 1. The van der Waals surface area contributed by atoms with Crippen molar-refractivity contribution in [2.45, 2.75) is 6.92 Å². The molecule has 0 unspecified atom stereocenters. The molecule has 18 heavy (non-hydrogen) atoms. The molecule has 0 aliphatic rings. The normalized spacial score (nSPS) is 10.1. The van der Waals surface area contributed by atoms with Crippen LogP contribution in [-0.4, -0.2) is 25.7 Å². The number of rotatable bonds is 3. The minimum Gasteiger partial charge on any atom is -0.478 e. The van der Waals surface area contributed by atoms with Crippen molar-refractivity contribution < 1.29 is 14.7 Å². The first-order valence-corrected chi connectivity index (χ1v) is 5.74. The second-order valence-corrected chi connectivity index (χ2v) is 4.14. The molecular formula is C11H9N3O3S. The summed E-state index contributed by atoms with van der Waals surface area (Å²) in [7, 11) is 0. The van der Waals surface area contributed by atoms with Crippen molar-refractivity contribution in [1.82, 2.24) is 8.75 Å². The van der Waals surface area contributed by atoms with E-state index in [9.17, 15) is 9.59 Å². The van der Waals surface area contributed by atoms with E-state index in [1.54, 1.807) is 19.1 Å². The summed E-state index contributed by atoms with van der Waals surface area (Å²) < 4.78 is 7.51. The van der Waals surface area contributed by atoms with Gasteiger partial charge in [0.15, 0.2) is 5.69 Å². The highest BCUT2D eigenvalue weighted by atomic mass is 32.1. The third-order valence-electron chi connectivity index (χ3n) is 2.32. The molecule has 0 bridgehead atoms. The van der Waals surface area contributed by atoms with Crippen LogP contribution in [0.2, 0.25) is 0 Å². The monoisotopic (exact) mass is 263 g/mol. The van der Waals surface area contributed by atoms with Gasteiger partial charge in [-0.2, -0.15) is 8.75 Å². The van der Waals surface area contributed by atoms with Crippen molar-refractivity contribution in [3.8, 4) is 0 Å². The second-order valence-electron chi connectivity index (χ2n) is 3.58. The Bertz CT molecular complexity index is 596. The van der Waals surface area contributed by atoms with Crippen LogP contribution in [-0.2, 0) is 0 Å².